The fourth-order valence-corrected chi connectivity index (χ4v) is 2.15. The van der Waals surface area contributed by atoms with E-state index in [0.29, 0.717) is 0 Å². The summed E-state index contributed by atoms with van der Waals surface area (Å²) in [5.41, 5.74) is 0. The summed E-state index contributed by atoms with van der Waals surface area (Å²) < 4.78 is 12.0. The number of aliphatic hydroxyl groups excluding tert-OH is 2. The molecule has 1 aromatic heterocycles. The zero-order chi connectivity index (χ0) is 16.1. The smallest absolute Gasteiger partial charge is 0.306 e. The van der Waals surface area contributed by atoms with Crippen molar-refractivity contribution >= 4 is 11.9 Å². The van der Waals surface area contributed by atoms with Gasteiger partial charge in [0.15, 0.2) is 18.5 Å². The molecular weight excluding hydrogens is 294 g/mol. The van der Waals surface area contributed by atoms with Gasteiger partial charge in [0.25, 0.3) is 6.23 Å². The standard InChI is InChI=1S/C14H17NO7/c16-10(17)4-5-11(18)21-8-9-12(19)13(20)14(22-9)15-6-2-1-3-7-15/h1-3,6-7,9,12-14,19-20H,4-5,8H2/p+1/t9-,12-,13-,14-/m1/s1. The van der Waals surface area contributed by atoms with Crippen LogP contribution < -0.4 is 4.57 Å². The molecule has 8 nitrogen and oxygen atoms in total. The van der Waals surface area contributed by atoms with Crippen molar-refractivity contribution in [1.29, 1.82) is 0 Å². The van der Waals surface area contributed by atoms with E-state index in [0.717, 1.165) is 0 Å². The molecule has 2 rings (SSSR count). The van der Waals surface area contributed by atoms with Crippen molar-refractivity contribution in [2.45, 2.75) is 37.4 Å². The van der Waals surface area contributed by atoms with Crippen molar-refractivity contribution in [2.24, 2.45) is 0 Å². The van der Waals surface area contributed by atoms with Crippen LogP contribution in [0.2, 0.25) is 0 Å². The summed E-state index contributed by atoms with van der Waals surface area (Å²) in [5, 5.41) is 28.4. The first-order chi connectivity index (χ1) is 10.5. The number of aliphatic carboxylic acids is 1. The SMILES string of the molecule is O=C(O)CCC(=O)OC[C@H]1O[C@@H]([n+]2ccccc2)[C@H](O)[C@@H]1O. The molecule has 3 N–H and O–H groups in total. The van der Waals surface area contributed by atoms with Crippen molar-refractivity contribution in [3.63, 3.8) is 0 Å². The molecular formula is C14H18NO7+. The minimum Gasteiger partial charge on any atom is -0.481 e. The maximum atomic E-state index is 11.4. The third-order valence-corrected chi connectivity index (χ3v) is 3.32. The number of carboxylic acid groups (broad SMARTS) is 1. The van der Waals surface area contributed by atoms with E-state index in [1.54, 1.807) is 35.2 Å². The normalized spacial score (nSPS) is 27.5. The zero-order valence-electron chi connectivity index (χ0n) is 11.7. The second-order valence-electron chi connectivity index (χ2n) is 4.95. The van der Waals surface area contributed by atoms with Gasteiger partial charge < -0.3 is 24.8 Å². The molecule has 1 saturated heterocycles. The lowest BCUT2D eigenvalue weighted by molar-refractivity contribution is -0.765. The Morgan fingerprint density at radius 1 is 1.09 bits per heavy atom. The molecule has 4 atom stereocenters. The maximum Gasteiger partial charge on any atom is 0.306 e. The van der Waals surface area contributed by atoms with Crippen LogP contribution in [0.3, 0.4) is 0 Å². The number of hydrogen-bond acceptors (Lipinski definition) is 6. The van der Waals surface area contributed by atoms with Crippen LogP contribution in [0.25, 0.3) is 0 Å². The number of ether oxygens (including phenoxy) is 2. The number of carbonyl (C=O) groups is 2. The monoisotopic (exact) mass is 312 g/mol. The quantitative estimate of drug-likeness (QED) is 0.455. The molecule has 2 heterocycles. The number of carboxylic acids is 1. The summed E-state index contributed by atoms with van der Waals surface area (Å²) in [6, 6.07) is 5.30. The zero-order valence-corrected chi connectivity index (χ0v) is 11.7. The van der Waals surface area contributed by atoms with Gasteiger partial charge in [-0.25, -0.2) is 0 Å². The van der Waals surface area contributed by atoms with Crippen LogP contribution in [0.4, 0.5) is 0 Å². The van der Waals surface area contributed by atoms with Crippen LogP contribution in [-0.2, 0) is 19.1 Å². The number of hydrogen-bond donors (Lipinski definition) is 3. The first-order valence-corrected chi connectivity index (χ1v) is 6.84. The highest BCUT2D eigenvalue weighted by Gasteiger charge is 2.48. The molecule has 0 aliphatic carbocycles. The van der Waals surface area contributed by atoms with Gasteiger partial charge in [0, 0.05) is 12.1 Å². The van der Waals surface area contributed by atoms with Gasteiger partial charge in [0.1, 0.15) is 18.8 Å². The van der Waals surface area contributed by atoms with E-state index in [2.05, 4.69) is 0 Å². The van der Waals surface area contributed by atoms with Crippen LogP contribution in [0.5, 0.6) is 0 Å². The van der Waals surface area contributed by atoms with E-state index in [4.69, 9.17) is 14.6 Å². The highest BCUT2D eigenvalue weighted by Crippen LogP contribution is 2.25. The molecule has 0 spiro atoms. The van der Waals surface area contributed by atoms with Gasteiger partial charge in [-0.3, -0.25) is 9.59 Å². The average Bonchev–Trinajstić information content (AvgIpc) is 2.80. The lowest BCUT2D eigenvalue weighted by Crippen LogP contribution is -2.45. The molecule has 1 fully saturated rings. The summed E-state index contributed by atoms with van der Waals surface area (Å²) in [6.07, 6.45) is -1.22. The Bertz CT molecular complexity index is 521. The summed E-state index contributed by atoms with van der Waals surface area (Å²) in [7, 11) is 0. The van der Waals surface area contributed by atoms with Gasteiger partial charge >= 0.3 is 11.9 Å². The lowest BCUT2D eigenvalue weighted by Gasteiger charge is -2.13. The van der Waals surface area contributed by atoms with Crippen molar-refractivity contribution in [3.8, 4) is 0 Å². The second-order valence-corrected chi connectivity index (χ2v) is 4.95. The predicted octanol–water partition coefficient (Wildman–Crippen LogP) is -0.999. The van der Waals surface area contributed by atoms with E-state index in [1.165, 1.54) is 0 Å². The van der Waals surface area contributed by atoms with Crippen LogP contribution in [0.15, 0.2) is 30.6 Å². The summed E-state index contributed by atoms with van der Waals surface area (Å²) in [4.78, 5) is 21.7. The van der Waals surface area contributed by atoms with Crippen LogP contribution in [0, 0.1) is 0 Å². The topological polar surface area (TPSA) is 117 Å². The number of rotatable bonds is 6. The molecule has 0 amide bonds. The molecule has 1 aromatic rings. The molecule has 0 bridgehead atoms. The lowest BCUT2D eigenvalue weighted by atomic mass is 10.1. The Morgan fingerprint density at radius 3 is 2.41 bits per heavy atom. The highest BCUT2D eigenvalue weighted by atomic mass is 16.6. The van der Waals surface area contributed by atoms with Crippen LogP contribution >= 0.6 is 0 Å². The second kappa shape index (κ2) is 7.30. The number of pyridine rings is 1. The summed E-state index contributed by atoms with van der Waals surface area (Å²) in [5.74, 6) is -1.78. The number of esters is 1. The fourth-order valence-electron chi connectivity index (χ4n) is 2.15. The van der Waals surface area contributed by atoms with Crippen molar-refractivity contribution in [3.05, 3.63) is 30.6 Å². The number of aromatic nitrogens is 1. The minimum absolute atomic E-state index is 0.249. The molecule has 0 aromatic carbocycles. The van der Waals surface area contributed by atoms with E-state index in [1.807, 2.05) is 0 Å². The van der Waals surface area contributed by atoms with Crippen LogP contribution in [-0.4, -0.2) is 52.2 Å². The molecule has 0 unspecified atom stereocenters. The molecule has 22 heavy (non-hydrogen) atoms. The van der Waals surface area contributed by atoms with Gasteiger partial charge in [-0.05, 0) is 0 Å². The van der Waals surface area contributed by atoms with E-state index >= 15 is 0 Å². The van der Waals surface area contributed by atoms with E-state index in [-0.39, 0.29) is 19.4 Å². The van der Waals surface area contributed by atoms with Crippen molar-refractivity contribution in [2.75, 3.05) is 6.61 Å². The van der Waals surface area contributed by atoms with Gasteiger partial charge in [-0.15, -0.1) is 0 Å². The molecule has 120 valence electrons. The molecule has 1 aliphatic heterocycles. The number of nitrogens with zero attached hydrogens (tertiary/aromatic N) is 1. The first kappa shape index (κ1) is 16.3. The van der Waals surface area contributed by atoms with Gasteiger partial charge in [-0.2, -0.15) is 4.57 Å². The summed E-state index contributed by atoms with van der Waals surface area (Å²) >= 11 is 0. The average molecular weight is 312 g/mol. The summed E-state index contributed by atoms with van der Waals surface area (Å²) in [6.45, 7) is -0.249. The Balaban J connectivity index is 1.88. The Labute approximate surface area is 126 Å². The van der Waals surface area contributed by atoms with Crippen molar-refractivity contribution in [1.82, 2.24) is 0 Å². The Morgan fingerprint density at radius 2 is 1.77 bits per heavy atom. The molecule has 1 aliphatic rings. The van der Waals surface area contributed by atoms with Gasteiger partial charge in [-0.1, -0.05) is 6.07 Å². The Kier molecular flexibility index (Phi) is 5.42. The molecule has 8 heteroatoms. The number of aliphatic hydroxyl groups is 2. The first-order valence-electron chi connectivity index (χ1n) is 6.84. The third kappa shape index (κ3) is 4.00. The van der Waals surface area contributed by atoms with E-state index in [9.17, 15) is 19.8 Å². The number of carbonyl (C=O) groups excluding carboxylic acids is 1. The maximum absolute atomic E-state index is 11.4. The minimum atomic E-state index is -1.20. The van der Waals surface area contributed by atoms with Crippen LogP contribution in [0.1, 0.15) is 19.1 Å². The predicted molar refractivity (Wildman–Crippen MR) is 70.4 cm³/mol. The van der Waals surface area contributed by atoms with E-state index < -0.39 is 36.5 Å². The molecule has 0 radical (unpaired) electrons. The van der Waals surface area contributed by atoms with Gasteiger partial charge in [0.2, 0.25) is 0 Å². The fraction of sp³-hybridized carbons (Fsp3) is 0.500. The highest BCUT2D eigenvalue weighted by molar-refractivity contribution is 5.76. The van der Waals surface area contributed by atoms with Crippen molar-refractivity contribution < 1.29 is 38.9 Å². The third-order valence-electron chi connectivity index (χ3n) is 3.32. The largest absolute Gasteiger partial charge is 0.481 e. The molecule has 0 saturated carbocycles. The Hall–Kier alpha value is -2.03. The van der Waals surface area contributed by atoms with Gasteiger partial charge in [0.05, 0.1) is 12.8 Å².